The van der Waals surface area contributed by atoms with Gasteiger partial charge < -0.3 is 0 Å². The van der Waals surface area contributed by atoms with Crippen LogP contribution in [0.5, 0.6) is 0 Å². The van der Waals surface area contributed by atoms with E-state index in [9.17, 15) is 0 Å². The minimum Gasteiger partial charge on any atom is -0.261 e. The first-order chi connectivity index (χ1) is 6.87. The first kappa shape index (κ1) is 12.2. The molecular weight excluding hydrogens is 182 g/mol. The predicted molar refractivity (Wildman–Crippen MR) is 65.9 cm³/mol. The third-order valence-corrected chi connectivity index (χ3v) is 2.23. The largest absolute Gasteiger partial charge is 0.261 e. The fraction of sp³-hybridized carbons (Fsp3) is 0.643. The van der Waals surface area contributed by atoms with Crippen LogP contribution in [0.3, 0.4) is 0 Å². The lowest BCUT2D eigenvalue weighted by atomic mass is 9.88. The van der Waals surface area contributed by atoms with Crippen LogP contribution in [-0.2, 0) is 12.8 Å². The van der Waals surface area contributed by atoms with Crippen LogP contribution in [0, 0.1) is 11.3 Å². The molecule has 0 unspecified atom stereocenters. The topological polar surface area (TPSA) is 12.9 Å². The van der Waals surface area contributed by atoms with Crippen LogP contribution < -0.4 is 0 Å². The molecule has 0 bridgehead atoms. The zero-order chi connectivity index (χ0) is 11.5. The maximum absolute atomic E-state index is 4.41. The lowest BCUT2D eigenvalue weighted by Gasteiger charge is -2.18. The van der Waals surface area contributed by atoms with Crippen LogP contribution in [-0.4, -0.2) is 4.98 Å². The Bertz CT molecular complexity index is 307. The van der Waals surface area contributed by atoms with Gasteiger partial charge in [0.05, 0.1) is 0 Å². The number of nitrogens with zero attached hydrogens (tertiary/aromatic N) is 1. The molecule has 15 heavy (non-hydrogen) atoms. The molecule has 0 aliphatic carbocycles. The van der Waals surface area contributed by atoms with E-state index in [2.05, 4.69) is 51.7 Å². The Balaban J connectivity index is 2.74. The van der Waals surface area contributed by atoms with E-state index in [1.54, 1.807) is 0 Å². The van der Waals surface area contributed by atoms with Gasteiger partial charge in [0.25, 0.3) is 0 Å². The summed E-state index contributed by atoms with van der Waals surface area (Å²) in [6.45, 7) is 11.3. The zero-order valence-corrected chi connectivity index (χ0v) is 10.7. The van der Waals surface area contributed by atoms with Crippen LogP contribution in [0.2, 0.25) is 0 Å². The van der Waals surface area contributed by atoms with Gasteiger partial charge in [-0.25, -0.2) is 0 Å². The number of hydrogen-bond donors (Lipinski definition) is 0. The van der Waals surface area contributed by atoms with Gasteiger partial charge in [-0.15, -0.1) is 0 Å². The van der Waals surface area contributed by atoms with E-state index in [1.807, 2.05) is 6.20 Å². The maximum atomic E-state index is 4.41. The molecule has 1 aromatic heterocycles. The molecule has 84 valence electrons. The normalized spacial score (nSPS) is 12.1. The summed E-state index contributed by atoms with van der Waals surface area (Å²) in [6, 6.07) is 4.39. The predicted octanol–water partition coefficient (Wildman–Crippen LogP) is 3.87. The molecule has 0 atom stereocenters. The van der Waals surface area contributed by atoms with Gasteiger partial charge in [0.2, 0.25) is 0 Å². The fourth-order valence-corrected chi connectivity index (χ4v) is 1.78. The van der Waals surface area contributed by atoms with Crippen LogP contribution >= 0.6 is 0 Å². The van der Waals surface area contributed by atoms with Gasteiger partial charge in [0, 0.05) is 11.9 Å². The minimum atomic E-state index is 0.358. The lowest BCUT2D eigenvalue weighted by Crippen LogP contribution is -2.09. The fourth-order valence-electron chi connectivity index (χ4n) is 1.78. The van der Waals surface area contributed by atoms with Crippen LogP contribution in [0.25, 0.3) is 0 Å². The number of rotatable bonds is 3. The van der Waals surface area contributed by atoms with E-state index >= 15 is 0 Å². The Morgan fingerprint density at radius 3 is 2.47 bits per heavy atom. The molecule has 0 N–H and O–H groups in total. The first-order valence-corrected chi connectivity index (χ1v) is 5.80. The second kappa shape index (κ2) is 4.78. The lowest BCUT2D eigenvalue weighted by molar-refractivity contribution is 0.411. The first-order valence-electron chi connectivity index (χ1n) is 5.80. The Kier molecular flexibility index (Phi) is 3.90. The summed E-state index contributed by atoms with van der Waals surface area (Å²) in [7, 11) is 0. The summed E-state index contributed by atoms with van der Waals surface area (Å²) in [6.07, 6.45) is 4.15. The highest BCUT2D eigenvalue weighted by Gasteiger charge is 2.11. The highest BCUT2D eigenvalue weighted by molar-refractivity contribution is 5.17. The molecule has 1 rings (SSSR count). The highest BCUT2D eigenvalue weighted by Crippen LogP contribution is 2.20. The average Bonchev–Trinajstić information content (AvgIpc) is 1.99. The van der Waals surface area contributed by atoms with E-state index in [1.165, 1.54) is 11.3 Å². The summed E-state index contributed by atoms with van der Waals surface area (Å²) in [5.74, 6) is 0.683. The number of aromatic nitrogens is 1. The quantitative estimate of drug-likeness (QED) is 0.730. The highest BCUT2D eigenvalue weighted by atomic mass is 14.7. The standard InChI is InChI=1S/C14H23N/c1-11(2)8-13-9-12(6-7-15-13)10-14(3,4)5/h6-7,9,11H,8,10H2,1-5H3. The van der Waals surface area contributed by atoms with Gasteiger partial charge in [0.1, 0.15) is 0 Å². The maximum Gasteiger partial charge on any atom is 0.0408 e. The third-order valence-electron chi connectivity index (χ3n) is 2.23. The molecular formula is C14H23N. The van der Waals surface area contributed by atoms with E-state index in [0.29, 0.717) is 11.3 Å². The molecule has 0 radical (unpaired) electrons. The Hall–Kier alpha value is -0.850. The smallest absolute Gasteiger partial charge is 0.0408 e. The summed E-state index contributed by atoms with van der Waals surface area (Å²) in [5, 5.41) is 0. The Labute approximate surface area is 93.9 Å². The number of hydrogen-bond acceptors (Lipinski definition) is 1. The van der Waals surface area contributed by atoms with Crippen molar-refractivity contribution < 1.29 is 0 Å². The van der Waals surface area contributed by atoms with Crippen LogP contribution in [0.15, 0.2) is 18.3 Å². The summed E-state index contributed by atoms with van der Waals surface area (Å²) in [5.41, 5.74) is 3.00. The van der Waals surface area contributed by atoms with Crippen molar-refractivity contribution in [3.63, 3.8) is 0 Å². The molecule has 0 amide bonds. The van der Waals surface area contributed by atoms with Gasteiger partial charge in [0.15, 0.2) is 0 Å². The van der Waals surface area contributed by atoms with Crippen molar-refractivity contribution in [1.82, 2.24) is 4.98 Å². The molecule has 1 heteroatoms. The molecule has 0 aliphatic rings. The Morgan fingerprint density at radius 2 is 1.93 bits per heavy atom. The molecule has 0 aliphatic heterocycles. The van der Waals surface area contributed by atoms with Gasteiger partial charge in [-0.2, -0.15) is 0 Å². The van der Waals surface area contributed by atoms with Crippen molar-refractivity contribution in [3.8, 4) is 0 Å². The summed E-state index contributed by atoms with van der Waals surface area (Å²) >= 11 is 0. The zero-order valence-electron chi connectivity index (χ0n) is 10.7. The van der Waals surface area contributed by atoms with Crippen molar-refractivity contribution in [2.45, 2.75) is 47.5 Å². The van der Waals surface area contributed by atoms with Crippen molar-refractivity contribution in [1.29, 1.82) is 0 Å². The van der Waals surface area contributed by atoms with Crippen LogP contribution in [0.1, 0.15) is 45.9 Å². The summed E-state index contributed by atoms with van der Waals surface area (Å²) in [4.78, 5) is 4.41. The third kappa shape index (κ3) is 4.96. The molecule has 0 saturated carbocycles. The van der Waals surface area contributed by atoms with Gasteiger partial charge in [-0.3, -0.25) is 4.98 Å². The monoisotopic (exact) mass is 205 g/mol. The van der Waals surface area contributed by atoms with E-state index < -0.39 is 0 Å². The summed E-state index contributed by atoms with van der Waals surface area (Å²) < 4.78 is 0. The number of pyridine rings is 1. The van der Waals surface area contributed by atoms with E-state index in [-0.39, 0.29) is 0 Å². The molecule has 0 aromatic carbocycles. The van der Waals surface area contributed by atoms with Gasteiger partial charge in [-0.05, 0) is 41.9 Å². The second-order valence-corrected chi connectivity index (χ2v) is 5.99. The van der Waals surface area contributed by atoms with E-state index in [4.69, 9.17) is 0 Å². The van der Waals surface area contributed by atoms with Crippen molar-refractivity contribution in [2.75, 3.05) is 0 Å². The van der Waals surface area contributed by atoms with Crippen molar-refractivity contribution >= 4 is 0 Å². The molecule has 1 aromatic rings. The van der Waals surface area contributed by atoms with Crippen LogP contribution in [0.4, 0.5) is 0 Å². The minimum absolute atomic E-state index is 0.358. The second-order valence-electron chi connectivity index (χ2n) is 5.99. The van der Waals surface area contributed by atoms with Crippen molar-refractivity contribution in [3.05, 3.63) is 29.6 Å². The molecule has 0 spiro atoms. The van der Waals surface area contributed by atoms with E-state index in [0.717, 1.165) is 12.8 Å². The SMILES string of the molecule is CC(C)Cc1cc(CC(C)(C)C)ccn1. The molecule has 0 saturated heterocycles. The van der Waals surface area contributed by atoms with Crippen molar-refractivity contribution in [2.24, 2.45) is 11.3 Å². The molecule has 1 heterocycles. The molecule has 0 fully saturated rings. The average molecular weight is 205 g/mol. The van der Waals surface area contributed by atoms with Gasteiger partial charge >= 0.3 is 0 Å². The molecule has 1 nitrogen and oxygen atoms in total. The Morgan fingerprint density at radius 1 is 1.27 bits per heavy atom. The van der Waals surface area contributed by atoms with Gasteiger partial charge in [-0.1, -0.05) is 34.6 Å².